The number of Topliss-reactive ketones (excluding diaryl/α,β-unsaturated/α-hetero) is 1. The Morgan fingerprint density at radius 3 is 2.27 bits per heavy atom. The first kappa shape index (κ1) is 25.9. The lowest BCUT2D eigenvalue weighted by atomic mass is 9.77. The zero-order valence-corrected chi connectivity index (χ0v) is 20.6. The van der Waals surface area contributed by atoms with Crippen molar-refractivity contribution in [3.8, 4) is 0 Å². The quantitative estimate of drug-likeness (QED) is 0.213. The van der Waals surface area contributed by atoms with Crippen LogP contribution in [0, 0.1) is 11.7 Å². The lowest BCUT2D eigenvalue weighted by molar-refractivity contribution is -0.143. The van der Waals surface area contributed by atoms with Crippen molar-refractivity contribution in [2.75, 3.05) is 11.9 Å². The van der Waals surface area contributed by atoms with Gasteiger partial charge in [-0.1, -0.05) is 42.5 Å². The Kier molecular flexibility index (Phi) is 7.61. The van der Waals surface area contributed by atoms with Gasteiger partial charge in [-0.05, 0) is 61.1 Å². The second-order valence-corrected chi connectivity index (χ2v) is 8.76. The first-order valence-corrected chi connectivity index (χ1v) is 11.9. The summed E-state index contributed by atoms with van der Waals surface area (Å²) in [4.78, 5) is 39.2. The molecule has 1 aliphatic heterocycles. The summed E-state index contributed by atoms with van der Waals surface area (Å²) in [7, 11) is 0. The van der Waals surface area contributed by atoms with Crippen molar-refractivity contribution >= 4 is 40.7 Å². The summed E-state index contributed by atoms with van der Waals surface area (Å²) in [5.74, 6) is -3.87. The van der Waals surface area contributed by atoms with E-state index in [9.17, 15) is 23.9 Å². The Hall–Kier alpha value is -4.15. The zero-order valence-electron chi connectivity index (χ0n) is 19.7. The summed E-state index contributed by atoms with van der Waals surface area (Å²) in [6.45, 7) is 1.91. The minimum atomic E-state index is -2.48. The molecule has 0 bridgehead atoms. The van der Waals surface area contributed by atoms with Crippen molar-refractivity contribution in [2.45, 2.75) is 18.7 Å². The van der Waals surface area contributed by atoms with Gasteiger partial charge in [-0.2, -0.15) is 0 Å². The van der Waals surface area contributed by atoms with E-state index in [1.165, 1.54) is 48.5 Å². The molecule has 4 rings (SSSR count). The normalized spacial score (nSPS) is 20.8. The number of carbonyl (C=O) groups is 3. The van der Waals surface area contributed by atoms with Gasteiger partial charge in [0.25, 0.3) is 5.91 Å². The molecule has 3 aromatic carbocycles. The van der Waals surface area contributed by atoms with Crippen molar-refractivity contribution in [2.24, 2.45) is 5.92 Å². The largest absolute Gasteiger partial charge is 0.462 e. The molecule has 1 aliphatic rings. The van der Waals surface area contributed by atoms with Crippen LogP contribution in [0.1, 0.15) is 39.2 Å². The lowest BCUT2D eigenvalue weighted by Gasteiger charge is -2.44. The molecule has 3 atom stereocenters. The van der Waals surface area contributed by atoms with Crippen molar-refractivity contribution in [1.29, 1.82) is 0 Å². The number of halogens is 1. The third kappa shape index (κ3) is 5.50. The first-order chi connectivity index (χ1) is 17.7. The minimum Gasteiger partial charge on any atom is -0.462 e. The van der Waals surface area contributed by atoms with Crippen LogP contribution in [0.4, 0.5) is 10.1 Å². The zero-order chi connectivity index (χ0) is 26.6. The number of ether oxygens (including phenoxy) is 1. The van der Waals surface area contributed by atoms with E-state index in [1.807, 2.05) is 0 Å². The number of amides is 1. The van der Waals surface area contributed by atoms with Crippen LogP contribution in [0.2, 0.25) is 0 Å². The van der Waals surface area contributed by atoms with E-state index >= 15 is 0 Å². The lowest BCUT2D eigenvalue weighted by Crippen LogP contribution is -2.71. The van der Waals surface area contributed by atoms with Gasteiger partial charge >= 0.3 is 5.97 Å². The standard InChI is InChI=1S/C27H24FN3O5S/c1-2-36-24(33)18-10-14-20(15-11-18)29-25(34)27(35)21(23(32)17-6-4-3-5-7-17)22(30-26(37)31-27)16-8-12-19(28)13-9-16/h3-15,21-22,35H,2H2,1H3,(H,29,34)(H2,30,31,37). The molecular formula is C27H24FN3O5S. The molecule has 4 N–H and O–H groups in total. The van der Waals surface area contributed by atoms with Crippen LogP contribution in [-0.4, -0.2) is 40.2 Å². The molecule has 0 saturated carbocycles. The van der Waals surface area contributed by atoms with Gasteiger partial charge in [0.05, 0.1) is 18.2 Å². The van der Waals surface area contributed by atoms with E-state index in [-0.39, 0.29) is 28.5 Å². The Bertz CT molecular complexity index is 1320. The Morgan fingerprint density at radius 1 is 1.00 bits per heavy atom. The highest BCUT2D eigenvalue weighted by Gasteiger charge is 2.55. The van der Waals surface area contributed by atoms with Gasteiger partial charge in [-0.3, -0.25) is 9.59 Å². The number of anilines is 1. The summed E-state index contributed by atoms with van der Waals surface area (Å²) in [5, 5.41) is 19.8. The highest BCUT2D eigenvalue weighted by Crippen LogP contribution is 2.36. The monoisotopic (exact) mass is 521 g/mol. The molecule has 0 aliphatic carbocycles. The average Bonchev–Trinajstić information content (AvgIpc) is 2.89. The van der Waals surface area contributed by atoms with Gasteiger partial charge in [0.2, 0.25) is 5.72 Å². The molecule has 1 amide bonds. The Labute approximate surface area is 217 Å². The van der Waals surface area contributed by atoms with Gasteiger partial charge in [-0.25, -0.2) is 9.18 Å². The molecule has 0 radical (unpaired) electrons. The number of hydrogen-bond acceptors (Lipinski definition) is 6. The van der Waals surface area contributed by atoms with E-state index in [0.29, 0.717) is 5.56 Å². The topological polar surface area (TPSA) is 117 Å². The maximum Gasteiger partial charge on any atom is 0.338 e. The van der Waals surface area contributed by atoms with E-state index < -0.39 is 41.2 Å². The molecular weight excluding hydrogens is 497 g/mol. The molecule has 0 spiro atoms. The van der Waals surface area contributed by atoms with Gasteiger partial charge in [0.1, 0.15) is 11.7 Å². The SMILES string of the molecule is CCOC(=O)c1ccc(NC(=O)C2(O)NC(=S)NC(c3ccc(F)cc3)C2C(=O)c2ccccc2)cc1. The van der Waals surface area contributed by atoms with Crippen LogP contribution in [0.15, 0.2) is 78.9 Å². The molecule has 0 aromatic heterocycles. The molecule has 1 fully saturated rings. The smallest absolute Gasteiger partial charge is 0.338 e. The first-order valence-electron chi connectivity index (χ1n) is 11.5. The molecule has 190 valence electrons. The minimum absolute atomic E-state index is 0.0678. The van der Waals surface area contributed by atoms with Gasteiger partial charge in [0.15, 0.2) is 10.9 Å². The van der Waals surface area contributed by atoms with Crippen molar-refractivity contribution in [3.05, 3.63) is 101 Å². The number of hydrogen-bond donors (Lipinski definition) is 4. The van der Waals surface area contributed by atoms with Crippen LogP contribution in [-0.2, 0) is 9.53 Å². The van der Waals surface area contributed by atoms with E-state index in [4.69, 9.17) is 17.0 Å². The maximum absolute atomic E-state index is 13.7. The van der Waals surface area contributed by atoms with E-state index in [1.54, 1.807) is 37.3 Å². The summed E-state index contributed by atoms with van der Waals surface area (Å²) in [6, 6.07) is 18.5. The molecule has 10 heteroatoms. The van der Waals surface area contributed by atoms with Crippen molar-refractivity contribution in [1.82, 2.24) is 10.6 Å². The van der Waals surface area contributed by atoms with Crippen LogP contribution >= 0.6 is 12.2 Å². The third-order valence-electron chi connectivity index (χ3n) is 5.94. The van der Waals surface area contributed by atoms with Crippen LogP contribution in [0.25, 0.3) is 0 Å². The number of benzene rings is 3. The van der Waals surface area contributed by atoms with Crippen molar-refractivity contribution < 1.29 is 28.6 Å². The molecule has 37 heavy (non-hydrogen) atoms. The number of nitrogens with one attached hydrogen (secondary N) is 3. The Morgan fingerprint density at radius 2 is 1.65 bits per heavy atom. The predicted octanol–water partition coefficient (Wildman–Crippen LogP) is 3.35. The summed E-state index contributed by atoms with van der Waals surface area (Å²) in [5.41, 5.74) is -1.21. The number of thiocarbonyl (C=S) groups is 1. The van der Waals surface area contributed by atoms with Gasteiger partial charge in [-0.15, -0.1) is 0 Å². The number of esters is 1. The number of rotatable bonds is 7. The Balaban J connectivity index is 1.70. The van der Waals surface area contributed by atoms with E-state index in [2.05, 4.69) is 16.0 Å². The molecule has 8 nitrogen and oxygen atoms in total. The second kappa shape index (κ2) is 10.9. The highest BCUT2D eigenvalue weighted by atomic mass is 32.1. The summed E-state index contributed by atoms with van der Waals surface area (Å²) >= 11 is 5.27. The van der Waals surface area contributed by atoms with Gasteiger partial charge in [0, 0.05) is 11.3 Å². The number of ketones is 1. The number of aliphatic hydroxyl groups is 1. The number of carbonyl (C=O) groups excluding carboxylic acids is 3. The summed E-state index contributed by atoms with van der Waals surface area (Å²) in [6.07, 6.45) is 0. The fraction of sp³-hybridized carbons (Fsp3) is 0.185. The second-order valence-electron chi connectivity index (χ2n) is 8.35. The fourth-order valence-electron chi connectivity index (χ4n) is 4.15. The molecule has 3 aromatic rings. The maximum atomic E-state index is 13.7. The predicted molar refractivity (Wildman–Crippen MR) is 138 cm³/mol. The van der Waals surface area contributed by atoms with Crippen LogP contribution < -0.4 is 16.0 Å². The summed E-state index contributed by atoms with van der Waals surface area (Å²) < 4.78 is 18.6. The molecule has 1 heterocycles. The van der Waals surface area contributed by atoms with Crippen LogP contribution in [0.3, 0.4) is 0 Å². The van der Waals surface area contributed by atoms with Crippen LogP contribution in [0.5, 0.6) is 0 Å². The van der Waals surface area contributed by atoms with Crippen molar-refractivity contribution in [3.63, 3.8) is 0 Å². The average molecular weight is 522 g/mol. The highest BCUT2D eigenvalue weighted by molar-refractivity contribution is 7.80. The third-order valence-corrected chi connectivity index (χ3v) is 6.16. The van der Waals surface area contributed by atoms with E-state index in [0.717, 1.165) is 0 Å². The van der Waals surface area contributed by atoms with Gasteiger partial charge < -0.3 is 25.8 Å². The molecule has 1 saturated heterocycles. The molecule has 3 unspecified atom stereocenters. The fourth-order valence-corrected chi connectivity index (χ4v) is 4.43.